The molecule has 1 aliphatic heterocycles. The first kappa shape index (κ1) is 22.7. The number of nitriles is 1. The smallest absolute Gasteiger partial charge is 0.221 e. The van der Waals surface area contributed by atoms with Crippen molar-refractivity contribution in [2.24, 2.45) is 11.7 Å². The van der Waals surface area contributed by atoms with Crippen molar-refractivity contribution in [1.82, 2.24) is 10.2 Å². The van der Waals surface area contributed by atoms with Crippen molar-refractivity contribution in [1.29, 1.82) is 5.26 Å². The molecule has 1 aliphatic carbocycles. The van der Waals surface area contributed by atoms with Gasteiger partial charge in [0.15, 0.2) is 0 Å². The first-order valence-corrected chi connectivity index (χ1v) is 11.2. The van der Waals surface area contributed by atoms with Crippen LogP contribution >= 0.6 is 0 Å². The van der Waals surface area contributed by atoms with Crippen LogP contribution in [0.2, 0.25) is 0 Å². The maximum absolute atomic E-state index is 12.6. The summed E-state index contributed by atoms with van der Waals surface area (Å²) in [6.45, 7) is 3.51. The van der Waals surface area contributed by atoms with Crippen LogP contribution in [0.1, 0.15) is 90.4 Å². The summed E-state index contributed by atoms with van der Waals surface area (Å²) in [5.41, 5.74) is 4.55. The van der Waals surface area contributed by atoms with Crippen LogP contribution in [0.4, 0.5) is 0 Å². The van der Waals surface area contributed by atoms with Crippen molar-refractivity contribution >= 4 is 11.8 Å². The summed E-state index contributed by atoms with van der Waals surface area (Å²) in [4.78, 5) is 26.1. The van der Waals surface area contributed by atoms with E-state index in [1.807, 2.05) is 0 Å². The van der Waals surface area contributed by atoms with E-state index in [-0.39, 0.29) is 17.9 Å². The summed E-state index contributed by atoms with van der Waals surface area (Å²) < 4.78 is 0. The minimum atomic E-state index is -0.773. The molecule has 2 atom stereocenters. The van der Waals surface area contributed by atoms with Gasteiger partial charge < -0.3 is 11.1 Å². The highest BCUT2D eigenvalue weighted by molar-refractivity contribution is 5.77. The molecule has 0 aromatic heterocycles. The number of carbonyl (C=O) groups excluding carboxylic acids is 2. The van der Waals surface area contributed by atoms with Crippen molar-refractivity contribution in [3.05, 3.63) is 0 Å². The fourth-order valence-corrected chi connectivity index (χ4v) is 4.81. The number of nitrogens with one attached hydrogen (secondary N) is 1. The zero-order valence-electron chi connectivity index (χ0n) is 17.5. The van der Waals surface area contributed by atoms with Crippen LogP contribution in [0.5, 0.6) is 0 Å². The molecular weight excluding hydrogens is 352 g/mol. The fourth-order valence-electron chi connectivity index (χ4n) is 4.81. The molecule has 1 saturated carbocycles. The summed E-state index contributed by atoms with van der Waals surface area (Å²) in [6, 6.07) is 2.64. The average Bonchev–Trinajstić information content (AvgIpc) is 2.70. The molecule has 0 bridgehead atoms. The van der Waals surface area contributed by atoms with Crippen molar-refractivity contribution in [3.8, 4) is 6.07 Å². The summed E-state index contributed by atoms with van der Waals surface area (Å²) in [5, 5.41) is 13.0. The zero-order chi connectivity index (χ0) is 20.4. The summed E-state index contributed by atoms with van der Waals surface area (Å²) in [6.07, 6.45) is 12.6. The number of amides is 2. The Bertz CT molecular complexity index is 553. The van der Waals surface area contributed by atoms with Gasteiger partial charge in [-0.15, -0.1) is 0 Å². The lowest BCUT2D eigenvalue weighted by Crippen LogP contribution is -2.58. The highest BCUT2D eigenvalue weighted by Crippen LogP contribution is 2.31. The molecule has 2 fully saturated rings. The maximum atomic E-state index is 12.6. The van der Waals surface area contributed by atoms with Gasteiger partial charge in [-0.05, 0) is 31.6 Å². The van der Waals surface area contributed by atoms with Crippen LogP contribution < -0.4 is 11.1 Å². The molecule has 1 saturated heterocycles. The van der Waals surface area contributed by atoms with Crippen molar-refractivity contribution in [2.75, 3.05) is 13.1 Å². The van der Waals surface area contributed by atoms with Crippen molar-refractivity contribution < 1.29 is 9.59 Å². The molecule has 3 N–H and O–H groups in total. The Morgan fingerprint density at radius 2 is 1.96 bits per heavy atom. The molecule has 28 heavy (non-hydrogen) atoms. The van der Waals surface area contributed by atoms with Crippen LogP contribution in [0.15, 0.2) is 0 Å². The minimum Gasteiger partial charge on any atom is -0.370 e. The molecule has 0 aromatic carbocycles. The van der Waals surface area contributed by atoms with E-state index < -0.39 is 5.54 Å². The van der Waals surface area contributed by atoms with Crippen LogP contribution in [-0.4, -0.2) is 41.4 Å². The molecule has 2 unspecified atom stereocenters. The third kappa shape index (κ3) is 7.09. The number of piperidine rings is 1. The Labute approximate surface area is 170 Å². The topological polar surface area (TPSA) is 99.2 Å². The number of nitrogens with zero attached hydrogens (tertiary/aromatic N) is 2. The normalized spacial score (nSPS) is 26.5. The Balaban J connectivity index is 1.91. The molecule has 6 nitrogen and oxygen atoms in total. The van der Waals surface area contributed by atoms with Gasteiger partial charge >= 0.3 is 0 Å². The molecule has 2 rings (SSSR count). The van der Waals surface area contributed by atoms with E-state index in [9.17, 15) is 14.9 Å². The standard InChI is InChI=1S/C22H38N4O2/c1-2-3-9-19-16-22(17-23,13-15-26(19)14-12-20(24)27)25-21(28)11-10-18-7-5-4-6-8-18/h18-19H,2-16H2,1H3,(H2,24,27)(H,25,28). The van der Waals surface area contributed by atoms with Gasteiger partial charge in [0.05, 0.1) is 6.07 Å². The predicted molar refractivity (Wildman–Crippen MR) is 110 cm³/mol. The quantitative estimate of drug-likeness (QED) is 0.598. The molecular formula is C22H38N4O2. The van der Waals surface area contributed by atoms with Crippen LogP contribution in [0.25, 0.3) is 0 Å². The van der Waals surface area contributed by atoms with E-state index in [1.165, 1.54) is 32.1 Å². The van der Waals surface area contributed by atoms with Gasteiger partial charge in [0.25, 0.3) is 0 Å². The van der Waals surface area contributed by atoms with Gasteiger partial charge in [0.2, 0.25) is 11.8 Å². The molecule has 2 aliphatic rings. The zero-order valence-corrected chi connectivity index (χ0v) is 17.5. The van der Waals surface area contributed by atoms with Gasteiger partial charge in [-0.2, -0.15) is 5.26 Å². The number of hydrogen-bond acceptors (Lipinski definition) is 4. The van der Waals surface area contributed by atoms with E-state index in [2.05, 4.69) is 23.2 Å². The van der Waals surface area contributed by atoms with Gasteiger partial charge in [0.1, 0.15) is 5.54 Å². The number of unbranched alkanes of at least 4 members (excludes halogenated alkanes) is 1. The van der Waals surface area contributed by atoms with Gasteiger partial charge in [-0.25, -0.2) is 0 Å². The largest absolute Gasteiger partial charge is 0.370 e. The van der Waals surface area contributed by atoms with Gasteiger partial charge in [0, 0.05) is 32.0 Å². The fraction of sp³-hybridized carbons (Fsp3) is 0.864. The number of likely N-dealkylation sites (tertiary alicyclic amines) is 1. The second-order valence-corrected chi connectivity index (χ2v) is 8.79. The summed E-state index contributed by atoms with van der Waals surface area (Å²) >= 11 is 0. The predicted octanol–water partition coefficient (Wildman–Crippen LogP) is 3.26. The summed E-state index contributed by atoms with van der Waals surface area (Å²) in [7, 11) is 0. The molecule has 0 spiro atoms. The SMILES string of the molecule is CCCCC1CC(C#N)(NC(=O)CCC2CCCCC2)CCN1CCC(N)=O. The third-order valence-electron chi connectivity index (χ3n) is 6.56. The lowest BCUT2D eigenvalue weighted by atomic mass is 9.81. The van der Waals surface area contributed by atoms with Crippen LogP contribution in [-0.2, 0) is 9.59 Å². The van der Waals surface area contributed by atoms with Gasteiger partial charge in [-0.3, -0.25) is 14.5 Å². The monoisotopic (exact) mass is 390 g/mol. The molecule has 158 valence electrons. The highest BCUT2D eigenvalue weighted by atomic mass is 16.2. The van der Waals surface area contributed by atoms with Crippen LogP contribution in [0, 0.1) is 17.2 Å². The minimum absolute atomic E-state index is 0.0203. The Hall–Kier alpha value is -1.61. The first-order chi connectivity index (χ1) is 13.5. The lowest BCUT2D eigenvalue weighted by Gasteiger charge is -2.44. The van der Waals surface area contributed by atoms with Crippen LogP contribution in [0.3, 0.4) is 0 Å². The van der Waals surface area contributed by atoms with E-state index in [4.69, 9.17) is 5.73 Å². The molecule has 6 heteroatoms. The average molecular weight is 391 g/mol. The molecule has 0 radical (unpaired) electrons. The second-order valence-electron chi connectivity index (χ2n) is 8.79. The number of nitrogens with two attached hydrogens (primary N) is 1. The number of hydrogen-bond donors (Lipinski definition) is 2. The lowest BCUT2D eigenvalue weighted by molar-refractivity contribution is -0.123. The third-order valence-corrected chi connectivity index (χ3v) is 6.56. The highest BCUT2D eigenvalue weighted by Gasteiger charge is 2.40. The van der Waals surface area contributed by atoms with Crippen molar-refractivity contribution in [2.45, 2.75) is 102 Å². The number of primary amides is 1. The Morgan fingerprint density at radius 1 is 1.21 bits per heavy atom. The second kappa shape index (κ2) is 11.4. The van der Waals surface area contributed by atoms with Crippen molar-refractivity contribution in [3.63, 3.8) is 0 Å². The number of carbonyl (C=O) groups is 2. The molecule has 1 heterocycles. The number of rotatable bonds is 10. The van der Waals surface area contributed by atoms with E-state index >= 15 is 0 Å². The van der Waals surface area contributed by atoms with E-state index in [1.54, 1.807) is 0 Å². The molecule has 2 amide bonds. The first-order valence-electron chi connectivity index (χ1n) is 11.2. The maximum Gasteiger partial charge on any atom is 0.221 e. The van der Waals surface area contributed by atoms with E-state index in [0.717, 1.165) is 32.2 Å². The Kier molecular flexibility index (Phi) is 9.24. The van der Waals surface area contributed by atoms with E-state index in [0.29, 0.717) is 38.1 Å². The van der Waals surface area contributed by atoms with Gasteiger partial charge in [-0.1, -0.05) is 51.9 Å². The molecule has 0 aromatic rings. The summed E-state index contributed by atoms with van der Waals surface area (Å²) in [5.74, 6) is 0.403. The Morgan fingerprint density at radius 3 is 2.61 bits per heavy atom.